The number of benzene rings is 1. The van der Waals surface area contributed by atoms with Crippen LogP contribution in [0.5, 0.6) is 11.5 Å². The van der Waals surface area contributed by atoms with E-state index in [2.05, 4.69) is 9.72 Å². The molecule has 33 heavy (non-hydrogen) atoms. The van der Waals surface area contributed by atoms with Crippen LogP contribution in [0.2, 0.25) is 0 Å². The van der Waals surface area contributed by atoms with Crippen LogP contribution in [0.25, 0.3) is 0 Å². The van der Waals surface area contributed by atoms with Crippen molar-refractivity contribution in [3.63, 3.8) is 0 Å². The summed E-state index contributed by atoms with van der Waals surface area (Å²) in [4.78, 5) is 30.1. The monoisotopic (exact) mass is 487 g/mol. The maximum atomic E-state index is 12.9. The largest absolute Gasteiger partial charge is 0.465 e. The summed E-state index contributed by atoms with van der Waals surface area (Å²) in [6.07, 6.45) is 3.25. The van der Waals surface area contributed by atoms with Crippen LogP contribution in [0.15, 0.2) is 64.4 Å². The maximum absolute atomic E-state index is 12.9. The van der Waals surface area contributed by atoms with E-state index in [1.807, 2.05) is 0 Å². The van der Waals surface area contributed by atoms with Crippen molar-refractivity contribution in [1.29, 1.82) is 0 Å². The first-order valence-electron chi connectivity index (χ1n) is 10.0. The van der Waals surface area contributed by atoms with E-state index in [9.17, 15) is 18.0 Å². The van der Waals surface area contributed by atoms with Crippen LogP contribution in [-0.4, -0.2) is 67.8 Å². The van der Waals surface area contributed by atoms with E-state index in [0.717, 1.165) is 11.3 Å². The predicted octanol–water partition coefficient (Wildman–Crippen LogP) is 2.87. The highest BCUT2D eigenvalue weighted by Crippen LogP contribution is 2.26. The highest BCUT2D eigenvalue weighted by Gasteiger charge is 2.32. The Morgan fingerprint density at radius 1 is 1.00 bits per heavy atom. The molecule has 1 aliphatic heterocycles. The number of ether oxygens (including phenoxy) is 2. The molecule has 0 bridgehead atoms. The minimum absolute atomic E-state index is 0.0758. The van der Waals surface area contributed by atoms with Gasteiger partial charge in [-0.1, -0.05) is 0 Å². The van der Waals surface area contributed by atoms with E-state index in [-0.39, 0.29) is 41.9 Å². The fourth-order valence-corrected chi connectivity index (χ4v) is 6.05. The number of piperazine rings is 1. The summed E-state index contributed by atoms with van der Waals surface area (Å²) in [6, 6.07) is 11.6. The van der Waals surface area contributed by atoms with E-state index in [0.29, 0.717) is 17.1 Å². The Morgan fingerprint density at radius 2 is 1.73 bits per heavy atom. The molecule has 0 radical (unpaired) electrons. The Kier molecular flexibility index (Phi) is 6.72. The number of hydrogen-bond donors (Lipinski definition) is 0. The molecule has 3 aromatic rings. The van der Waals surface area contributed by atoms with Gasteiger partial charge in [-0.2, -0.15) is 4.31 Å². The van der Waals surface area contributed by atoms with Crippen LogP contribution in [0, 0.1) is 0 Å². The lowest BCUT2D eigenvalue weighted by molar-refractivity contribution is 0.0600. The average molecular weight is 488 g/mol. The normalized spacial score (nSPS) is 14.6. The molecule has 0 unspecified atom stereocenters. The van der Waals surface area contributed by atoms with E-state index in [4.69, 9.17) is 4.74 Å². The highest BCUT2D eigenvalue weighted by molar-refractivity contribution is 7.91. The second kappa shape index (κ2) is 9.69. The van der Waals surface area contributed by atoms with Gasteiger partial charge in [0, 0.05) is 43.3 Å². The van der Waals surface area contributed by atoms with Crippen molar-refractivity contribution >= 4 is 33.2 Å². The quantitative estimate of drug-likeness (QED) is 0.492. The van der Waals surface area contributed by atoms with E-state index in [1.165, 1.54) is 22.9 Å². The zero-order valence-corrected chi connectivity index (χ0v) is 19.3. The number of amides is 1. The van der Waals surface area contributed by atoms with E-state index >= 15 is 0 Å². The van der Waals surface area contributed by atoms with Gasteiger partial charge in [0.15, 0.2) is 0 Å². The van der Waals surface area contributed by atoms with Crippen molar-refractivity contribution in [1.82, 2.24) is 14.2 Å². The Bertz CT molecular complexity index is 1230. The number of aromatic nitrogens is 1. The summed E-state index contributed by atoms with van der Waals surface area (Å²) in [5.74, 6) is 0.417. The third-order valence-corrected chi connectivity index (χ3v) is 8.40. The number of hydrogen-bond acceptors (Lipinski definition) is 8. The van der Waals surface area contributed by atoms with Crippen molar-refractivity contribution in [3.05, 3.63) is 71.4 Å². The molecule has 1 saturated heterocycles. The van der Waals surface area contributed by atoms with Crippen molar-refractivity contribution in [2.75, 3.05) is 33.3 Å². The number of esters is 1. The molecule has 0 N–H and O–H groups in total. The van der Waals surface area contributed by atoms with Gasteiger partial charge in [0.25, 0.3) is 15.9 Å². The van der Waals surface area contributed by atoms with Crippen LogP contribution < -0.4 is 4.74 Å². The summed E-state index contributed by atoms with van der Waals surface area (Å²) in [5, 5.41) is 1.46. The standard InChI is InChI=1S/C22H21N3O6S2/c1-30-22(27)17-13-20(32-15-17)33(28,29)25-11-9-24(10-12-25)21(26)16-4-6-18(7-5-16)31-19-3-2-8-23-14-19/h2-8,13-15H,9-12H2,1H3. The molecule has 1 fully saturated rings. The summed E-state index contributed by atoms with van der Waals surface area (Å²) in [7, 11) is -2.51. The van der Waals surface area contributed by atoms with Crippen LogP contribution in [0.1, 0.15) is 20.7 Å². The summed E-state index contributed by atoms with van der Waals surface area (Å²) in [6.45, 7) is 0.867. The van der Waals surface area contributed by atoms with Gasteiger partial charge in [0.2, 0.25) is 0 Å². The first kappa shape index (κ1) is 22.9. The first-order chi connectivity index (χ1) is 15.9. The molecule has 1 aromatic carbocycles. The number of methoxy groups -OCH3 is 1. The number of thiophene rings is 1. The zero-order valence-electron chi connectivity index (χ0n) is 17.7. The topological polar surface area (TPSA) is 106 Å². The second-order valence-electron chi connectivity index (χ2n) is 7.16. The number of carbonyl (C=O) groups excluding carboxylic acids is 2. The van der Waals surface area contributed by atoms with Gasteiger partial charge in [0.05, 0.1) is 18.9 Å². The van der Waals surface area contributed by atoms with Crippen molar-refractivity contribution in [3.8, 4) is 11.5 Å². The molecule has 0 saturated carbocycles. The fourth-order valence-electron chi connectivity index (χ4n) is 3.33. The molecule has 0 atom stereocenters. The molecule has 0 spiro atoms. The van der Waals surface area contributed by atoms with Crippen molar-refractivity contribution in [2.24, 2.45) is 0 Å². The van der Waals surface area contributed by atoms with Gasteiger partial charge >= 0.3 is 5.97 Å². The zero-order chi connectivity index (χ0) is 23.4. The molecule has 0 aliphatic carbocycles. The van der Waals surface area contributed by atoms with Crippen molar-refractivity contribution in [2.45, 2.75) is 4.21 Å². The number of pyridine rings is 1. The number of rotatable bonds is 6. The van der Waals surface area contributed by atoms with Gasteiger partial charge in [-0.05, 0) is 42.5 Å². The molecule has 3 heterocycles. The molecule has 11 heteroatoms. The third kappa shape index (κ3) is 5.05. The summed E-state index contributed by atoms with van der Waals surface area (Å²) < 4.78 is 37.5. The Morgan fingerprint density at radius 3 is 2.36 bits per heavy atom. The smallest absolute Gasteiger partial charge is 0.338 e. The van der Waals surface area contributed by atoms with Crippen LogP contribution >= 0.6 is 11.3 Å². The number of sulfonamides is 1. The lowest BCUT2D eigenvalue weighted by Gasteiger charge is -2.33. The van der Waals surface area contributed by atoms with E-state index in [1.54, 1.807) is 53.7 Å². The van der Waals surface area contributed by atoms with Crippen LogP contribution in [0.3, 0.4) is 0 Å². The summed E-state index contributed by atoms with van der Waals surface area (Å²) >= 11 is 0.973. The van der Waals surface area contributed by atoms with Gasteiger partial charge in [-0.3, -0.25) is 9.78 Å². The highest BCUT2D eigenvalue weighted by atomic mass is 32.2. The van der Waals surface area contributed by atoms with Crippen LogP contribution in [0.4, 0.5) is 0 Å². The predicted molar refractivity (Wildman–Crippen MR) is 121 cm³/mol. The molecule has 1 aliphatic rings. The molecule has 2 aromatic heterocycles. The summed E-state index contributed by atoms with van der Waals surface area (Å²) in [5.41, 5.74) is 0.691. The lowest BCUT2D eigenvalue weighted by Crippen LogP contribution is -2.50. The van der Waals surface area contributed by atoms with Gasteiger partial charge in [-0.25, -0.2) is 13.2 Å². The molecular weight excluding hydrogens is 466 g/mol. The van der Waals surface area contributed by atoms with Crippen LogP contribution in [-0.2, 0) is 14.8 Å². The Hall–Kier alpha value is -3.28. The minimum atomic E-state index is -3.75. The minimum Gasteiger partial charge on any atom is -0.465 e. The van der Waals surface area contributed by atoms with Gasteiger partial charge < -0.3 is 14.4 Å². The van der Waals surface area contributed by atoms with E-state index < -0.39 is 16.0 Å². The average Bonchev–Trinajstić information content (AvgIpc) is 3.36. The SMILES string of the molecule is COC(=O)c1csc(S(=O)(=O)N2CCN(C(=O)c3ccc(Oc4cccnc4)cc3)CC2)c1. The maximum Gasteiger partial charge on any atom is 0.338 e. The fraction of sp³-hybridized carbons (Fsp3) is 0.227. The molecule has 172 valence electrons. The second-order valence-corrected chi connectivity index (χ2v) is 10.2. The Labute approximate surface area is 195 Å². The molecule has 1 amide bonds. The van der Waals surface area contributed by atoms with Crippen molar-refractivity contribution < 1.29 is 27.5 Å². The van der Waals surface area contributed by atoms with Gasteiger partial charge in [0.1, 0.15) is 15.7 Å². The molecule has 9 nitrogen and oxygen atoms in total. The first-order valence-corrected chi connectivity index (χ1v) is 12.3. The number of carbonyl (C=O) groups is 2. The molecule has 4 rings (SSSR count). The van der Waals surface area contributed by atoms with Gasteiger partial charge in [-0.15, -0.1) is 11.3 Å². The lowest BCUT2D eigenvalue weighted by atomic mass is 10.2. The number of nitrogens with zero attached hydrogens (tertiary/aromatic N) is 3. The molecular formula is C22H21N3O6S2. The Balaban J connectivity index is 1.36. The third-order valence-electron chi connectivity index (χ3n) is 5.09.